The Labute approximate surface area is 127 Å². The number of hydrogen-bond acceptors (Lipinski definition) is 2. The normalized spacial score (nSPS) is 20.3. The molecule has 0 unspecified atom stereocenters. The summed E-state index contributed by atoms with van der Waals surface area (Å²) in [6, 6.07) is 7.04. The van der Waals surface area contributed by atoms with Crippen LogP contribution in [0.4, 0.5) is 8.78 Å². The van der Waals surface area contributed by atoms with Gasteiger partial charge in [0, 0.05) is 24.2 Å². The molecule has 1 N–H and O–H groups in total. The first-order valence-corrected chi connectivity index (χ1v) is 7.23. The van der Waals surface area contributed by atoms with E-state index in [0.717, 1.165) is 24.5 Å². The van der Waals surface area contributed by atoms with Gasteiger partial charge in [-0.05, 0) is 43.0 Å². The minimum absolute atomic E-state index is 0.117. The van der Waals surface area contributed by atoms with Gasteiger partial charge in [0.15, 0.2) is 0 Å². The van der Waals surface area contributed by atoms with E-state index in [-0.39, 0.29) is 17.9 Å². The summed E-state index contributed by atoms with van der Waals surface area (Å²) >= 11 is 0. The molecule has 114 valence electrons. The topological polar surface area (TPSA) is 42.0 Å². The number of nitrogens with one attached hydrogen (secondary N) is 1. The van der Waals surface area contributed by atoms with Crippen LogP contribution in [-0.4, -0.2) is 16.9 Å². The number of aromatic nitrogens is 1. The molecule has 2 atom stereocenters. The summed E-state index contributed by atoms with van der Waals surface area (Å²) in [5.74, 6) is -1.52. The molecule has 1 aromatic carbocycles. The highest BCUT2D eigenvalue weighted by Gasteiger charge is 2.35. The summed E-state index contributed by atoms with van der Waals surface area (Å²) in [5.41, 5.74) is 1.63. The fourth-order valence-corrected chi connectivity index (χ4v) is 2.81. The van der Waals surface area contributed by atoms with E-state index in [1.807, 2.05) is 13.0 Å². The SMILES string of the molecule is Cc1cccnc1C(=O)N[C@H]1CC[C@H]1c1ccc(F)cc1F. The van der Waals surface area contributed by atoms with Crippen LogP contribution in [0.5, 0.6) is 0 Å². The second kappa shape index (κ2) is 5.83. The van der Waals surface area contributed by atoms with Crippen LogP contribution in [0.1, 0.15) is 40.4 Å². The van der Waals surface area contributed by atoms with E-state index in [0.29, 0.717) is 11.3 Å². The summed E-state index contributed by atoms with van der Waals surface area (Å²) in [5, 5.41) is 2.90. The average molecular weight is 302 g/mol. The molecule has 3 rings (SSSR count). The Morgan fingerprint density at radius 1 is 1.27 bits per heavy atom. The Hall–Kier alpha value is -2.30. The van der Waals surface area contributed by atoms with Crippen molar-refractivity contribution in [3.05, 3.63) is 65.0 Å². The van der Waals surface area contributed by atoms with Gasteiger partial charge in [-0.3, -0.25) is 9.78 Å². The van der Waals surface area contributed by atoms with Gasteiger partial charge in [-0.25, -0.2) is 8.78 Å². The molecule has 1 heterocycles. The number of halogens is 2. The molecule has 1 saturated carbocycles. The lowest BCUT2D eigenvalue weighted by atomic mass is 9.74. The molecule has 0 radical (unpaired) electrons. The number of rotatable bonds is 3. The lowest BCUT2D eigenvalue weighted by molar-refractivity contribution is 0.0898. The molecule has 1 aromatic heterocycles. The van der Waals surface area contributed by atoms with Gasteiger partial charge in [0.05, 0.1) is 0 Å². The largest absolute Gasteiger partial charge is 0.347 e. The zero-order chi connectivity index (χ0) is 15.7. The van der Waals surface area contributed by atoms with E-state index in [9.17, 15) is 13.6 Å². The van der Waals surface area contributed by atoms with Gasteiger partial charge in [0.25, 0.3) is 5.91 Å². The minimum Gasteiger partial charge on any atom is -0.347 e. The predicted octanol–water partition coefficient (Wildman–Crippen LogP) is 3.34. The van der Waals surface area contributed by atoms with Crippen LogP contribution in [0, 0.1) is 18.6 Å². The maximum absolute atomic E-state index is 13.9. The van der Waals surface area contributed by atoms with Gasteiger partial charge < -0.3 is 5.32 Å². The Bertz CT molecular complexity index is 718. The van der Waals surface area contributed by atoms with Crippen LogP contribution in [-0.2, 0) is 0 Å². The van der Waals surface area contributed by atoms with Gasteiger partial charge >= 0.3 is 0 Å². The highest BCUT2D eigenvalue weighted by molar-refractivity contribution is 5.93. The van der Waals surface area contributed by atoms with Gasteiger partial charge in [0.2, 0.25) is 0 Å². The summed E-state index contributed by atoms with van der Waals surface area (Å²) in [6.07, 6.45) is 3.12. The van der Waals surface area contributed by atoms with Crippen molar-refractivity contribution in [2.24, 2.45) is 0 Å². The summed E-state index contributed by atoms with van der Waals surface area (Å²) in [7, 11) is 0. The smallest absolute Gasteiger partial charge is 0.270 e. The monoisotopic (exact) mass is 302 g/mol. The number of pyridine rings is 1. The highest BCUT2D eigenvalue weighted by Crippen LogP contribution is 2.38. The Morgan fingerprint density at radius 3 is 2.73 bits per heavy atom. The van der Waals surface area contributed by atoms with Crippen molar-refractivity contribution in [1.82, 2.24) is 10.3 Å². The number of hydrogen-bond donors (Lipinski definition) is 1. The third-order valence-corrected chi connectivity index (χ3v) is 4.18. The summed E-state index contributed by atoms with van der Waals surface area (Å²) in [4.78, 5) is 16.3. The van der Waals surface area contributed by atoms with E-state index >= 15 is 0 Å². The molecule has 1 amide bonds. The van der Waals surface area contributed by atoms with Crippen molar-refractivity contribution >= 4 is 5.91 Å². The van der Waals surface area contributed by atoms with Crippen LogP contribution in [0.15, 0.2) is 36.5 Å². The summed E-state index contributed by atoms with van der Waals surface area (Å²) < 4.78 is 26.8. The van der Waals surface area contributed by atoms with Crippen LogP contribution in [0.2, 0.25) is 0 Å². The number of nitrogens with zero attached hydrogens (tertiary/aromatic N) is 1. The van der Waals surface area contributed by atoms with Crippen LogP contribution in [0.3, 0.4) is 0 Å². The molecule has 2 aromatic rings. The maximum atomic E-state index is 13.9. The van der Waals surface area contributed by atoms with Gasteiger partial charge in [-0.1, -0.05) is 12.1 Å². The molecular formula is C17H16F2N2O. The van der Waals surface area contributed by atoms with Gasteiger partial charge in [0.1, 0.15) is 17.3 Å². The fourth-order valence-electron chi connectivity index (χ4n) is 2.81. The van der Waals surface area contributed by atoms with E-state index in [2.05, 4.69) is 10.3 Å². The fraction of sp³-hybridized carbons (Fsp3) is 0.294. The first-order chi connectivity index (χ1) is 10.6. The van der Waals surface area contributed by atoms with Crippen molar-refractivity contribution in [2.75, 3.05) is 0 Å². The molecule has 0 aliphatic heterocycles. The van der Waals surface area contributed by atoms with Crippen LogP contribution in [0.25, 0.3) is 0 Å². The highest BCUT2D eigenvalue weighted by atomic mass is 19.1. The maximum Gasteiger partial charge on any atom is 0.270 e. The zero-order valence-corrected chi connectivity index (χ0v) is 12.1. The molecule has 5 heteroatoms. The molecule has 1 aliphatic rings. The quantitative estimate of drug-likeness (QED) is 0.945. The van der Waals surface area contributed by atoms with Crippen molar-refractivity contribution < 1.29 is 13.6 Å². The van der Waals surface area contributed by atoms with Crippen LogP contribution < -0.4 is 5.32 Å². The molecule has 0 spiro atoms. The zero-order valence-electron chi connectivity index (χ0n) is 12.1. The number of amides is 1. The van der Waals surface area contributed by atoms with E-state index in [1.165, 1.54) is 12.1 Å². The standard InChI is InChI=1S/C17H16F2N2O/c1-10-3-2-8-20-16(10)17(22)21-15-7-6-13(15)12-5-4-11(18)9-14(12)19/h2-5,8-9,13,15H,6-7H2,1H3,(H,21,22)/t13-,15-/m0/s1. The Kier molecular flexibility index (Phi) is 3.88. The minimum atomic E-state index is -0.592. The van der Waals surface area contributed by atoms with Crippen molar-refractivity contribution in [3.63, 3.8) is 0 Å². The third kappa shape index (κ3) is 2.71. The van der Waals surface area contributed by atoms with E-state index in [4.69, 9.17) is 0 Å². The predicted molar refractivity (Wildman–Crippen MR) is 78.6 cm³/mol. The molecule has 1 fully saturated rings. The van der Waals surface area contributed by atoms with Crippen molar-refractivity contribution in [2.45, 2.75) is 31.7 Å². The van der Waals surface area contributed by atoms with Gasteiger partial charge in [-0.2, -0.15) is 0 Å². The number of carbonyl (C=O) groups excluding carboxylic acids is 1. The molecule has 3 nitrogen and oxygen atoms in total. The number of aryl methyl sites for hydroxylation is 1. The first-order valence-electron chi connectivity index (χ1n) is 7.23. The average Bonchev–Trinajstić information content (AvgIpc) is 2.46. The second-order valence-electron chi connectivity index (χ2n) is 5.60. The summed E-state index contributed by atoms with van der Waals surface area (Å²) in [6.45, 7) is 1.82. The van der Waals surface area contributed by atoms with E-state index < -0.39 is 11.6 Å². The number of benzene rings is 1. The Balaban J connectivity index is 1.74. The second-order valence-corrected chi connectivity index (χ2v) is 5.60. The lowest BCUT2D eigenvalue weighted by Gasteiger charge is -2.37. The molecule has 1 aliphatic carbocycles. The third-order valence-electron chi connectivity index (χ3n) is 4.18. The Morgan fingerprint density at radius 2 is 2.09 bits per heavy atom. The molecule has 0 bridgehead atoms. The molecule has 22 heavy (non-hydrogen) atoms. The van der Waals surface area contributed by atoms with Crippen LogP contribution >= 0.6 is 0 Å². The van der Waals surface area contributed by atoms with Gasteiger partial charge in [-0.15, -0.1) is 0 Å². The lowest BCUT2D eigenvalue weighted by Crippen LogP contribution is -2.46. The molecule has 0 saturated heterocycles. The van der Waals surface area contributed by atoms with Crippen molar-refractivity contribution in [3.8, 4) is 0 Å². The van der Waals surface area contributed by atoms with E-state index in [1.54, 1.807) is 12.3 Å². The number of carbonyl (C=O) groups is 1. The molecular weight excluding hydrogens is 286 g/mol. The van der Waals surface area contributed by atoms with Crippen molar-refractivity contribution in [1.29, 1.82) is 0 Å². The first kappa shape index (κ1) is 14.6.